The van der Waals surface area contributed by atoms with E-state index in [1.165, 1.54) is 4.70 Å². The topological polar surface area (TPSA) is 87.7 Å². The molecule has 0 radical (unpaired) electrons. The molecule has 0 spiro atoms. The Hall–Kier alpha value is -2.08. The number of thiophene rings is 1. The van der Waals surface area contributed by atoms with Crippen LogP contribution in [0.1, 0.15) is 26.7 Å². The SMILES string of the molecule is CCC(CC)(C(=O)Nc1ccc2sccc2c1)C(N)=NO. The van der Waals surface area contributed by atoms with Crippen LogP contribution in [0, 0.1) is 5.41 Å². The highest BCUT2D eigenvalue weighted by atomic mass is 32.1. The van der Waals surface area contributed by atoms with E-state index >= 15 is 0 Å². The Kier molecular flexibility index (Phi) is 4.47. The van der Waals surface area contributed by atoms with Crippen LogP contribution >= 0.6 is 11.3 Å². The molecule has 4 N–H and O–H groups in total. The van der Waals surface area contributed by atoms with Gasteiger partial charge in [-0.05, 0) is 47.9 Å². The maximum absolute atomic E-state index is 12.6. The summed E-state index contributed by atoms with van der Waals surface area (Å²) >= 11 is 1.65. The molecule has 1 heterocycles. The maximum Gasteiger partial charge on any atom is 0.238 e. The van der Waals surface area contributed by atoms with Gasteiger partial charge in [0, 0.05) is 10.4 Å². The molecule has 1 aromatic heterocycles. The number of nitrogens with one attached hydrogen (secondary N) is 1. The second kappa shape index (κ2) is 6.13. The second-order valence-electron chi connectivity index (χ2n) is 4.90. The zero-order chi connectivity index (χ0) is 15.5. The summed E-state index contributed by atoms with van der Waals surface area (Å²) in [6, 6.07) is 7.76. The minimum Gasteiger partial charge on any atom is -0.409 e. The first-order valence-electron chi connectivity index (χ1n) is 6.84. The van der Waals surface area contributed by atoms with E-state index in [1.54, 1.807) is 11.3 Å². The van der Waals surface area contributed by atoms with Crippen LogP contribution < -0.4 is 11.1 Å². The third-order valence-corrected chi connectivity index (χ3v) is 4.85. The summed E-state index contributed by atoms with van der Waals surface area (Å²) in [6.07, 6.45) is 0.928. The lowest BCUT2D eigenvalue weighted by Crippen LogP contribution is -2.46. The predicted octanol–water partition coefficient (Wildman–Crippen LogP) is 3.39. The minimum atomic E-state index is -0.988. The molecule has 6 heteroatoms. The van der Waals surface area contributed by atoms with Crippen molar-refractivity contribution in [2.45, 2.75) is 26.7 Å². The van der Waals surface area contributed by atoms with Gasteiger partial charge in [-0.1, -0.05) is 19.0 Å². The molecule has 0 unspecified atom stereocenters. The molecule has 0 saturated heterocycles. The monoisotopic (exact) mass is 305 g/mol. The van der Waals surface area contributed by atoms with Crippen molar-refractivity contribution in [1.29, 1.82) is 0 Å². The van der Waals surface area contributed by atoms with E-state index < -0.39 is 5.41 Å². The number of benzene rings is 1. The van der Waals surface area contributed by atoms with Crippen LogP contribution in [0.25, 0.3) is 10.1 Å². The van der Waals surface area contributed by atoms with Crippen LogP contribution in [0.5, 0.6) is 0 Å². The van der Waals surface area contributed by atoms with Gasteiger partial charge < -0.3 is 16.3 Å². The molecular formula is C15H19N3O2S. The number of hydrogen-bond donors (Lipinski definition) is 3. The lowest BCUT2D eigenvalue weighted by molar-refractivity contribution is -0.122. The van der Waals surface area contributed by atoms with E-state index in [1.807, 2.05) is 43.5 Å². The fourth-order valence-electron chi connectivity index (χ4n) is 2.44. The first kappa shape index (κ1) is 15.3. The largest absolute Gasteiger partial charge is 0.409 e. The normalized spacial score (nSPS) is 12.6. The van der Waals surface area contributed by atoms with Gasteiger partial charge in [0.15, 0.2) is 5.84 Å². The summed E-state index contributed by atoms with van der Waals surface area (Å²) in [6.45, 7) is 3.70. The van der Waals surface area contributed by atoms with Crippen molar-refractivity contribution in [3.8, 4) is 0 Å². The summed E-state index contributed by atoms with van der Waals surface area (Å²) in [4.78, 5) is 12.6. The van der Waals surface area contributed by atoms with E-state index in [9.17, 15) is 4.79 Å². The molecule has 112 valence electrons. The van der Waals surface area contributed by atoms with Crippen LogP contribution in [0.3, 0.4) is 0 Å². The van der Waals surface area contributed by atoms with Gasteiger partial charge in [0.25, 0.3) is 0 Å². The number of carbonyl (C=O) groups excluding carboxylic acids is 1. The van der Waals surface area contributed by atoms with Crippen LogP contribution in [0.4, 0.5) is 5.69 Å². The summed E-state index contributed by atoms with van der Waals surface area (Å²) in [7, 11) is 0. The third-order valence-electron chi connectivity index (χ3n) is 3.95. The molecular weight excluding hydrogens is 286 g/mol. The van der Waals surface area contributed by atoms with Gasteiger partial charge in [-0.3, -0.25) is 4.79 Å². The number of nitrogens with two attached hydrogens (primary N) is 1. The Balaban J connectivity index is 2.29. The first-order valence-corrected chi connectivity index (χ1v) is 7.72. The molecule has 1 amide bonds. The second-order valence-corrected chi connectivity index (χ2v) is 5.85. The Bertz CT molecular complexity index is 674. The molecule has 2 rings (SSSR count). The Labute approximate surface area is 127 Å². The van der Waals surface area contributed by atoms with E-state index in [0.717, 1.165) is 5.39 Å². The summed E-state index contributed by atoms with van der Waals surface area (Å²) in [5.74, 6) is -0.306. The predicted molar refractivity (Wildman–Crippen MR) is 86.9 cm³/mol. The molecule has 0 aliphatic carbocycles. The summed E-state index contributed by atoms with van der Waals surface area (Å²) in [5, 5.41) is 18.0. The number of amides is 1. The number of anilines is 1. The Morgan fingerprint density at radius 3 is 2.71 bits per heavy atom. The molecule has 21 heavy (non-hydrogen) atoms. The fourth-order valence-corrected chi connectivity index (χ4v) is 3.21. The molecule has 1 aromatic carbocycles. The van der Waals surface area contributed by atoms with Crippen LogP contribution in [-0.2, 0) is 4.79 Å². The van der Waals surface area contributed by atoms with E-state index in [0.29, 0.717) is 18.5 Å². The lowest BCUT2D eigenvalue weighted by Gasteiger charge is -2.28. The highest BCUT2D eigenvalue weighted by Crippen LogP contribution is 2.30. The Morgan fingerprint density at radius 1 is 1.38 bits per heavy atom. The average Bonchev–Trinajstić information content (AvgIpc) is 2.96. The van der Waals surface area contributed by atoms with Gasteiger partial charge in [-0.25, -0.2) is 0 Å². The van der Waals surface area contributed by atoms with Crippen molar-refractivity contribution >= 4 is 38.9 Å². The first-order chi connectivity index (χ1) is 10.1. The van der Waals surface area contributed by atoms with Crippen molar-refractivity contribution in [3.05, 3.63) is 29.6 Å². The van der Waals surface area contributed by atoms with Crippen molar-refractivity contribution in [3.63, 3.8) is 0 Å². The van der Waals surface area contributed by atoms with Crippen molar-refractivity contribution in [1.82, 2.24) is 0 Å². The number of oxime groups is 1. The number of amidine groups is 1. The maximum atomic E-state index is 12.6. The molecule has 0 atom stereocenters. The number of carbonyl (C=O) groups is 1. The van der Waals surface area contributed by atoms with Gasteiger partial charge in [0.05, 0.1) is 0 Å². The van der Waals surface area contributed by atoms with E-state index in [2.05, 4.69) is 10.5 Å². The standard InChI is InChI=1S/C15H19N3O2S/c1-3-15(4-2,13(16)18-20)14(19)17-11-5-6-12-10(9-11)7-8-21-12/h5-9,20H,3-4H2,1-2H3,(H2,16,18)(H,17,19). The molecule has 0 fully saturated rings. The third kappa shape index (κ3) is 2.71. The highest BCUT2D eigenvalue weighted by molar-refractivity contribution is 7.17. The number of hydrogen-bond acceptors (Lipinski definition) is 4. The van der Waals surface area contributed by atoms with Gasteiger partial charge in [-0.2, -0.15) is 0 Å². The van der Waals surface area contributed by atoms with E-state index in [-0.39, 0.29) is 11.7 Å². The minimum absolute atomic E-state index is 0.0541. The van der Waals surface area contributed by atoms with Crippen molar-refractivity contribution < 1.29 is 10.0 Å². The van der Waals surface area contributed by atoms with E-state index in [4.69, 9.17) is 10.9 Å². The summed E-state index contributed by atoms with van der Waals surface area (Å²) in [5.41, 5.74) is 5.47. The quantitative estimate of drug-likeness (QED) is 0.342. The highest BCUT2D eigenvalue weighted by Gasteiger charge is 2.39. The van der Waals surface area contributed by atoms with Gasteiger partial charge >= 0.3 is 0 Å². The number of fused-ring (bicyclic) bond motifs is 1. The Morgan fingerprint density at radius 2 is 2.10 bits per heavy atom. The molecule has 0 bridgehead atoms. The smallest absolute Gasteiger partial charge is 0.238 e. The van der Waals surface area contributed by atoms with Crippen LogP contribution in [0.15, 0.2) is 34.8 Å². The molecule has 5 nitrogen and oxygen atoms in total. The summed E-state index contributed by atoms with van der Waals surface area (Å²) < 4.78 is 1.17. The fraction of sp³-hybridized carbons (Fsp3) is 0.333. The van der Waals surface area contributed by atoms with Crippen molar-refractivity contribution in [2.75, 3.05) is 5.32 Å². The number of nitrogens with zero attached hydrogens (tertiary/aromatic N) is 1. The van der Waals surface area contributed by atoms with Crippen molar-refractivity contribution in [2.24, 2.45) is 16.3 Å². The molecule has 0 aliphatic rings. The molecule has 2 aromatic rings. The van der Waals surface area contributed by atoms with Crippen LogP contribution in [-0.4, -0.2) is 17.0 Å². The molecule has 0 aliphatic heterocycles. The number of rotatable bonds is 5. The zero-order valence-electron chi connectivity index (χ0n) is 12.1. The van der Waals surface area contributed by atoms with Crippen LogP contribution in [0.2, 0.25) is 0 Å². The van der Waals surface area contributed by atoms with Gasteiger partial charge in [-0.15, -0.1) is 11.3 Å². The average molecular weight is 305 g/mol. The lowest BCUT2D eigenvalue weighted by atomic mass is 9.80. The van der Waals surface area contributed by atoms with Gasteiger partial charge in [0.1, 0.15) is 5.41 Å². The zero-order valence-corrected chi connectivity index (χ0v) is 12.9. The van der Waals surface area contributed by atoms with Gasteiger partial charge in [0.2, 0.25) is 5.91 Å². The molecule has 0 saturated carbocycles.